The van der Waals surface area contributed by atoms with E-state index in [-0.39, 0.29) is 5.57 Å². The van der Waals surface area contributed by atoms with Gasteiger partial charge in [-0.25, -0.2) is 14.6 Å². The van der Waals surface area contributed by atoms with Crippen LogP contribution in [0.1, 0.15) is 47.8 Å². The van der Waals surface area contributed by atoms with Crippen molar-refractivity contribution < 1.29 is 14.4 Å². The molecular formula is C33H31N3O3. The number of carbonyl (C=O) groups excluding carboxylic acids is 3. The van der Waals surface area contributed by atoms with Crippen molar-refractivity contribution in [1.82, 2.24) is 4.57 Å². The predicted octanol–water partition coefficient (Wildman–Crippen LogP) is 7.11. The highest BCUT2D eigenvalue weighted by molar-refractivity contribution is 6.46. The molecule has 4 amide bonds. The van der Waals surface area contributed by atoms with Crippen LogP contribution in [0.25, 0.3) is 11.8 Å². The number of aromatic nitrogens is 1. The van der Waals surface area contributed by atoms with E-state index < -0.39 is 17.8 Å². The number of hydrogen-bond donors (Lipinski definition) is 0. The average molecular weight is 518 g/mol. The lowest BCUT2D eigenvalue weighted by Gasteiger charge is -2.34. The van der Waals surface area contributed by atoms with Gasteiger partial charge in [-0.1, -0.05) is 61.9 Å². The van der Waals surface area contributed by atoms with E-state index in [1.807, 2.05) is 45.0 Å². The van der Waals surface area contributed by atoms with Crippen molar-refractivity contribution in [3.63, 3.8) is 0 Å². The van der Waals surface area contributed by atoms with E-state index in [2.05, 4.69) is 42.7 Å². The van der Waals surface area contributed by atoms with Gasteiger partial charge >= 0.3 is 6.03 Å². The number of urea groups is 1. The lowest BCUT2D eigenvalue weighted by Crippen LogP contribution is -2.57. The summed E-state index contributed by atoms with van der Waals surface area (Å²) in [5, 5.41) is 0. The number of anilines is 2. The Morgan fingerprint density at radius 1 is 0.667 bits per heavy atom. The number of para-hydroxylation sites is 1. The third-order valence-electron chi connectivity index (χ3n) is 7.14. The van der Waals surface area contributed by atoms with Gasteiger partial charge < -0.3 is 4.57 Å². The highest BCUT2D eigenvalue weighted by Crippen LogP contribution is 2.31. The largest absolute Gasteiger partial charge is 0.343 e. The minimum atomic E-state index is -0.701. The maximum absolute atomic E-state index is 13.8. The molecular weight excluding hydrogens is 486 g/mol. The molecule has 196 valence electrons. The molecule has 6 nitrogen and oxygen atoms in total. The minimum absolute atomic E-state index is 0.0746. The molecule has 1 aliphatic rings. The Bertz CT molecular complexity index is 1590. The second-order valence-corrected chi connectivity index (χ2v) is 10.2. The smallest absolute Gasteiger partial charge is 0.318 e. The Morgan fingerprint density at radius 3 is 1.77 bits per heavy atom. The van der Waals surface area contributed by atoms with Crippen LogP contribution in [0.4, 0.5) is 16.2 Å². The van der Waals surface area contributed by atoms with Crippen molar-refractivity contribution in [3.8, 4) is 5.69 Å². The summed E-state index contributed by atoms with van der Waals surface area (Å²) in [6.07, 6.45) is 1.61. The molecule has 3 aromatic carbocycles. The number of barbiturate groups is 1. The summed E-state index contributed by atoms with van der Waals surface area (Å²) in [7, 11) is 0. The molecule has 0 spiro atoms. The SMILES string of the molecule is Cc1ccc(N2C(=O)/C(=C/c3cc(C)n(-c4ccc(C(C)C)cc4)c3C)C(=O)N(c3ccccc3)C2=O)cc1. The van der Waals surface area contributed by atoms with Gasteiger partial charge in [-0.2, -0.15) is 0 Å². The Labute approximate surface area is 228 Å². The Hall–Kier alpha value is -4.71. The van der Waals surface area contributed by atoms with Crippen molar-refractivity contribution in [2.45, 2.75) is 40.5 Å². The predicted molar refractivity (Wildman–Crippen MR) is 155 cm³/mol. The minimum Gasteiger partial charge on any atom is -0.318 e. The van der Waals surface area contributed by atoms with Crippen molar-refractivity contribution in [3.05, 3.63) is 119 Å². The molecule has 0 radical (unpaired) electrons. The molecule has 0 aliphatic carbocycles. The molecule has 4 aromatic rings. The van der Waals surface area contributed by atoms with Crippen molar-refractivity contribution >= 4 is 35.3 Å². The quantitative estimate of drug-likeness (QED) is 0.209. The van der Waals surface area contributed by atoms with E-state index in [4.69, 9.17) is 0 Å². The Morgan fingerprint density at radius 2 is 1.21 bits per heavy atom. The molecule has 1 saturated heterocycles. The zero-order chi connectivity index (χ0) is 27.8. The number of benzene rings is 3. The van der Waals surface area contributed by atoms with Gasteiger partial charge in [0.1, 0.15) is 5.57 Å². The third kappa shape index (κ3) is 4.70. The summed E-state index contributed by atoms with van der Waals surface area (Å²) in [6.45, 7) is 10.2. The molecule has 39 heavy (non-hydrogen) atoms. The van der Waals surface area contributed by atoms with Gasteiger partial charge in [0, 0.05) is 17.1 Å². The van der Waals surface area contributed by atoms with Gasteiger partial charge in [0.2, 0.25) is 0 Å². The summed E-state index contributed by atoms with van der Waals surface area (Å²) < 4.78 is 2.10. The van der Waals surface area contributed by atoms with Crippen LogP contribution >= 0.6 is 0 Å². The van der Waals surface area contributed by atoms with Crippen LogP contribution in [-0.2, 0) is 9.59 Å². The molecule has 1 fully saturated rings. The van der Waals surface area contributed by atoms with Crippen molar-refractivity contribution in [1.29, 1.82) is 0 Å². The van der Waals surface area contributed by atoms with Crippen LogP contribution in [0.15, 0.2) is 90.5 Å². The van der Waals surface area contributed by atoms with Gasteiger partial charge in [0.05, 0.1) is 11.4 Å². The molecule has 0 bridgehead atoms. The summed E-state index contributed by atoms with van der Waals surface area (Å²) in [6, 6.07) is 25.4. The highest BCUT2D eigenvalue weighted by Gasteiger charge is 2.43. The molecule has 2 heterocycles. The van der Waals surface area contributed by atoms with Gasteiger partial charge in [0.15, 0.2) is 0 Å². The van der Waals surface area contributed by atoms with Gasteiger partial charge in [-0.15, -0.1) is 0 Å². The first-order chi connectivity index (χ1) is 18.7. The molecule has 0 unspecified atom stereocenters. The fourth-order valence-electron chi connectivity index (χ4n) is 4.95. The molecule has 0 N–H and O–H groups in total. The zero-order valence-electron chi connectivity index (χ0n) is 22.8. The van der Waals surface area contributed by atoms with E-state index in [0.29, 0.717) is 17.3 Å². The fraction of sp³-hybridized carbons (Fsp3) is 0.182. The van der Waals surface area contributed by atoms with E-state index >= 15 is 0 Å². The summed E-state index contributed by atoms with van der Waals surface area (Å²) >= 11 is 0. The number of amides is 4. The molecule has 0 atom stereocenters. The number of carbonyl (C=O) groups is 3. The second-order valence-electron chi connectivity index (χ2n) is 10.2. The lowest BCUT2D eigenvalue weighted by atomic mass is 10.0. The Balaban J connectivity index is 1.62. The monoisotopic (exact) mass is 517 g/mol. The summed E-state index contributed by atoms with van der Waals surface area (Å²) in [5.41, 5.74) is 6.59. The first kappa shape index (κ1) is 25.9. The molecule has 0 saturated carbocycles. The number of aryl methyl sites for hydroxylation is 2. The number of hydrogen-bond acceptors (Lipinski definition) is 3. The van der Waals surface area contributed by atoms with E-state index in [1.54, 1.807) is 42.5 Å². The van der Waals surface area contributed by atoms with Crippen LogP contribution < -0.4 is 9.80 Å². The normalized spacial score (nSPS) is 15.1. The van der Waals surface area contributed by atoms with Crippen LogP contribution in [0.3, 0.4) is 0 Å². The van der Waals surface area contributed by atoms with Gasteiger partial charge in [0.25, 0.3) is 11.8 Å². The maximum Gasteiger partial charge on any atom is 0.343 e. The lowest BCUT2D eigenvalue weighted by molar-refractivity contribution is -0.121. The van der Waals surface area contributed by atoms with E-state index in [1.165, 1.54) is 5.56 Å². The standard InChI is InChI=1S/C33H31N3O3/c1-21(2)25-13-17-28(18-14-25)34-23(4)19-26(24(34)5)20-30-31(37)35(27-9-7-6-8-10-27)33(39)36(32(30)38)29-15-11-22(3)12-16-29/h6-21H,1-5H3/b30-20+. The van der Waals surface area contributed by atoms with Crippen LogP contribution in [0.2, 0.25) is 0 Å². The van der Waals surface area contributed by atoms with Crippen LogP contribution in [0, 0.1) is 20.8 Å². The van der Waals surface area contributed by atoms with E-state index in [0.717, 1.165) is 38.0 Å². The maximum atomic E-state index is 13.8. The number of nitrogens with zero attached hydrogens (tertiary/aromatic N) is 3. The average Bonchev–Trinajstić information content (AvgIpc) is 3.20. The van der Waals surface area contributed by atoms with Crippen molar-refractivity contribution in [2.75, 3.05) is 9.80 Å². The topological polar surface area (TPSA) is 62.6 Å². The van der Waals surface area contributed by atoms with Crippen molar-refractivity contribution in [2.24, 2.45) is 0 Å². The fourth-order valence-corrected chi connectivity index (χ4v) is 4.95. The first-order valence-corrected chi connectivity index (χ1v) is 13.0. The molecule has 5 rings (SSSR count). The zero-order valence-corrected chi connectivity index (χ0v) is 22.8. The first-order valence-electron chi connectivity index (χ1n) is 13.0. The van der Waals surface area contributed by atoms with Gasteiger partial charge in [-0.3, -0.25) is 9.59 Å². The van der Waals surface area contributed by atoms with Gasteiger partial charge in [-0.05, 0) is 86.4 Å². The third-order valence-corrected chi connectivity index (χ3v) is 7.14. The molecule has 6 heteroatoms. The van der Waals surface area contributed by atoms with E-state index in [9.17, 15) is 14.4 Å². The highest BCUT2D eigenvalue weighted by atomic mass is 16.2. The summed E-state index contributed by atoms with van der Waals surface area (Å²) in [4.78, 5) is 43.2. The number of imide groups is 2. The second kappa shape index (κ2) is 10.2. The molecule has 1 aromatic heterocycles. The van der Waals surface area contributed by atoms with Crippen LogP contribution in [0.5, 0.6) is 0 Å². The summed E-state index contributed by atoms with van der Waals surface area (Å²) in [5.74, 6) is -0.862. The van der Waals surface area contributed by atoms with Crippen LogP contribution in [-0.4, -0.2) is 22.4 Å². The Kier molecular flexibility index (Phi) is 6.79. The number of rotatable bonds is 5. The molecule has 1 aliphatic heterocycles.